The van der Waals surface area contributed by atoms with Crippen molar-refractivity contribution >= 4 is 20.2 Å². The molecule has 0 aromatic heterocycles. The third-order valence-corrected chi connectivity index (χ3v) is 5.52. The molecule has 0 spiro atoms. The van der Waals surface area contributed by atoms with Crippen LogP contribution in [0.3, 0.4) is 0 Å². The summed E-state index contributed by atoms with van der Waals surface area (Å²) in [5.74, 6) is -0.519. The molecular formula is C14H28N2Na2O8S2. The summed E-state index contributed by atoms with van der Waals surface area (Å²) in [5, 5.41) is 0. The van der Waals surface area contributed by atoms with E-state index < -0.39 is 20.2 Å². The topological polar surface area (TPSA) is 139 Å². The fourth-order valence-electron chi connectivity index (χ4n) is 2.58. The van der Waals surface area contributed by atoms with Gasteiger partial charge in [0, 0.05) is 37.7 Å². The number of morpholine rings is 2. The molecule has 2 rings (SSSR count). The summed E-state index contributed by atoms with van der Waals surface area (Å²) in [5.41, 5.74) is 0. The average molecular weight is 462 g/mol. The van der Waals surface area contributed by atoms with Gasteiger partial charge in [0.25, 0.3) is 0 Å². The van der Waals surface area contributed by atoms with Gasteiger partial charge in [0.1, 0.15) is 0 Å². The second-order valence-corrected chi connectivity index (χ2v) is 9.19. The fraction of sp³-hybridized carbons (Fsp3) is 1.00. The number of ether oxygens (including phenoxy) is 2. The van der Waals surface area contributed by atoms with E-state index >= 15 is 0 Å². The second kappa shape index (κ2) is 17.2. The average Bonchev–Trinajstić information content (AvgIpc) is 2.55. The third kappa shape index (κ3) is 19.6. The molecule has 2 heterocycles. The quantitative estimate of drug-likeness (QED) is 0.252. The van der Waals surface area contributed by atoms with E-state index in [0.29, 0.717) is 52.4 Å². The van der Waals surface area contributed by atoms with Crippen molar-refractivity contribution in [3.8, 4) is 0 Å². The van der Waals surface area contributed by atoms with Gasteiger partial charge in [0.15, 0.2) is 0 Å². The van der Waals surface area contributed by atoms with Gasteiger partial charge in [-0.05, 0) is 25.9 Å². The minimum Gasteiger partial charge on any atom is -0.748 e. The van der Waals surface area contributed by atoms with E-state index in [1.165, 1.54) is 0 Å². The van der Waals surface area contributed by atoms with E-state index in [9.17, 15) is 25.9 Å². The van der Waals surface area contributed by atoms with Crippen molar-refractivity contribution in [3.05, 3.63) is 0 Å². The van der Waals surface area contributed by atoms with Crippen molar-refractivity contribution < 1.29 is 94.5 Å². The summed E-state index contributed by atoms with van der Waals surface area (Å²) >= 11 is 0. The van der Waals surface area contributed by atoms with Crippen LogP contribution in [0.4, 0.5) is 0 Å². The number of hydrogen-bond acceptors (Lipinski definition) is 10. The first-order chi connectivity index (χ1) is 12.2. The van der Waals surface area contributed by atoms with Crippen molar-refractivity contribution in [2.24, 2.45) is 0 Å². The Bertz CT molecular complexity index is 528. The second-order valence-electron chi connectivity index (χ2n) is 6.14. The van der Waals surface area contributed by atoms with Gasteiger partial charge < -0.3 is 18.6 Å². The molecule has 0 unspecified atom stereocenters. The minimum absolute atomic E-state index is 0. The van der Waals surface area contributed by atoms with Crippen molar-refractivity contribution in [2.45, 2.75) is 12.8 Å². The molecular weight excluding hydrogens is 434 g/mol. The molecule has 2 aliphatic rings. The van der Waals surface area contributed by atoms with Gasteiger partial charge in [-0.25, -0.2) is 16.8 Å². The molecule has 2 aliphatic heterocycles. The zero-order valence-electron chi connectivity index (χ0n) is 16.9. The SMILES string of the molecule is O=S(=O)([O-])CCCN1CCOCC1.O=S(=O)([O-])CCCN1CCOCC1.[Na+].[Na+]. The first-order valence-electron chi connectivity index (χ1n) is 8.63. The Kier molecular flexibility index (Phi) is 19.6. The molecule has 10 nitrogen and oxygen atoms in total. The van der Waals surface area contributed by atoms with Crippen molar-refractivity contribution in [1.82, 2.24) is 9.80 Å². The van der Waals surface area contributed by atoms with Crippen molar-refractivity contribution in [2.75, 3.05) is 77.2 Å². The zero-order chi connectivity index (χ0) is 19.5. The van der Waals surface area contributed by atoms with Crippen LogP contribution in [0.1, 0.15) is 12.8 Å². The maximum absolute atomic E-state index is 10.3. The third-order valence-electron chi connectivity index (χ3n) is 3.94. The normalized spacial score (nSPS) is 18.9. The maximum Gasteiger partial charge on any atom is 1.00 e. The zero-order valence-corrected chi connectivity index (χ0v) is 22.5. The molecule has 28 heavy (non-hydrogen) atoms. The van der Waals surface area contributed by atoms with Crippen molar-refractivity contribution in [1.29, 1.82) is 0 Å². The molecule has 0 amide bonds. The summed E-state index contributed by atoms with van der Waals surface area (Å²) in [6.45, 7) is 7.47. The van der Waals surface area contributed by atoms with Crippen LogP contribution in [0.15, 0.2) is 0 Å². The standard InChI is InChI=1S/2C7H15NO4S.2Na/c2*9-13(10,11)7-1-2-8-3-5-12-6-4-8;;/h2*1-7H2,(H,9,10,11);;/q;;2*+1/p-2. The van der Waals surface area contributed by atoms with Crippen LogP contribution in [-0.2, 0) is 29.7 Å². The summed E-state index contributed by atoms with van der Waals surface area (Å²) in [7, 11) is -8.07. The number of hydrogen-bond donors (Lipinski definition) is 0. The first kappa shape index (κ1) is 31.8. The van der Waals surface area contributed by atoms with Gasteiger partial charge in [-0.1, -0.05) is 0 Å². The van der Waals surface area contributed by atoms with Crippen LogP contribution in [0.25, 0.3) is 0 Å². The van der Waals surface area contributed by atoms with Crippen LogP contribution < -0.4 is 59.1 Å². The summed E-state index contributed by atoms with van der Waals surface area (Å²) in [6, 6.07) is 0. The van der Waals surface area contributed by atoms with E-state index in [1.807, 2.05) is 0 Å². The smallest absolute Gasteiger partial charge is 0.748 e. The van der Waals surface area contributed by atoms with Gasteiger partial charge >= 0.3 is 59.1 Å². The van der Waals surface area contributed by atoms with E-state index in [4.69, 9.17) is 9.47 Å². The minimum atomic E-state index is -4.03. The number of nitrogens with zero attached hydrogens (tertiary/aromatic N) is 2. The van der Waals surface area contributed by atoms with Gasteiger partial charge in [0.2, 0.25) is 0 Å². The Morgan fingerprint density at radius 2 is 0.929 bits per heavy atom. The molecule has 2 fully saturated rings. The monoisotopic (exact) mass is 462 g/mol. The Balaban J connectivity index is 0. The van der Waals surface area contributed by atoms with E-state index in [1.54, 1.807) is 0 Å². The summed E-state index contributed by atoms with van der Waals surface area (Å²) < 4.78 is 71.9. The fourth-order valence-corrected chi connectivity index (χ4v) is 3.54. The predicted octanol–water partition coefficient (Wildman–Crippen LogP) is -7.48. The molecule has 0 aromatic carbocycles. The molecule has 0 saturated carbocycles. The molecule has 156 valence electrons. The molecule has 0 N–H and O–H groups in total. The Morgan fingerprint density at radius 1 is 0.643 bits per heavy atom. The summed E-state index contributed by atoms with van der Waals surface area (Å²) in [6.07, 6.45) is 0.845. The molecule has 0 aromatic rings. The molecule has 0 radical (unpaired) electrons. The molecule has 0 bridgehead atoms. The van der Waals surface area contributed by atoms with Crippen LogP contribution in [0.2, 0.25) is 0 Å². The predicted molar refractivity (Wildman–Crippen MR) is 92.9 cm³/mol. The first-order valence-corrected chi connectivity index (χ1v) is 11.8. The summed E-state index contributed by atoms with van der Waals surface area (Å²) in [4.78, 5) is 4.21. The molecule has 0 aliphatic carbocycles. The van der Waals surface area contributed by atoms with Crippen molar-refractivity contribution in [3.63, 3.8) is 0 Å². The molecule has 2 saturated heterocycles. The van der Waals surface area contributed by atoms with Crippen LogP contribution >= 0.6 is 0 Å². The largest absolute Gasteiger partial charge is 1.00 e. The van der Waals surface area contributed by atoms with E-state index in [-0.39, 0.29) is 70.6 Å². The molecule has 14 heteroatoms. The van der Waals surface area contributed by atoms with Crippen LogP contribution in [0, 0.1) is 0 Å². The van der Waals surface area contributed by atoms with E-state index in [2.05, 4.69) is 9.80 Å². The number of rotatable bonds is 8. The van der Waals surface area contributed by atoms with Gasteiger partial charge in [-0.3, -0.25) is 9.80 Å². The van der Waals surface area contributed by atoms with Crippen LogP contribution in [0.5, 0.6) is 0 Å². The van der Waals surface area contributed by atoms with Gasteiger partial charge in [-0.15, -0.1) is 0 Å². The van der Waals surface area contributed by atoms with Crippen LogP contribution in [-0.4, -0.2) is 113 Å². The van der Waals surface area contributed by atoms with Gasteiger partial charge in [-0.2, -0.15) is 0 Å². The Morgan fingerprint density at radius 3 is 1.18 bits per heavy atom. The molecule has 0 atom stereocenters. The maximum atomic E-state index is 10.3. The van der Waals surface area contributed by atoms with Gasteiger partial charge in [0.05, 0.1) is 46.7 Å². The Hall–Kier alpha value is 1.66. The Labute approximate surface area is 212 Å². The van der Waals surface area contributed by atoms with E-state index in [0.717, 1.165) is 26.2 Å².